The van der Waals surface area contributed by atoms with Crippen molar-refractivity contribution in [1.29, 1.82) is 0 Å². The number of benzene rings is 3. The zero-order chi connectivity index (χ0) is 24.7. The Morgan fingerprint density at radius 1 is 0.857 bits per heavy atom. The maximum Gasteiger partial charge on any atom is 0.255 e. The summed E-state index contributed by atoms with van der Waals surface area (Å²) in [6.07, 6.45) is 0.523. The van der Waals surface area contributed by atoms with E-state index >= 15 is 0 Å². The van der Waals surface area contributed by atoms with Crippen LogP contribution in [0.25, 0.3) is 0 Å². The van der Waals surface area contributed by atoms with Gasteiger partial charge in [-0.3, -0.25) is 14.4 Å². The molecular weight excluding hydrogens is 460 g/mol. The molecule has 0 aromatic heterocycles. The second-order valence-electron chi connectivity index (χ2n) is 8.75. The lowest BCUT2D eigenvalue weighted by molar-refractivity contribution is 0.102. The van der Waals surface area contributed by atoms with Crippen molar-refractivity contribution in [3.8, 4) is 0 Å². The van der Waals surface area contributed by atoms with Crippen molar-refractivity contribution in [2.45, 2.75) is 19.9 Å². The molecule has 1 aliphatic heterocycles. The first kappa shape index (κ1) is 24.8. The zero-order valence-corrected chi connectivity index (χ0v) is 20.8. The number of nitrogens with one attached hydrogen (secondary N) is 2. The van der Waals surface area contributed by atoms with Gasteiger partial charge in [0.25, 0.3) is 5.91 Å². The van der Waals surface area contributed by atoms with E-state index in [2.05, 4.69) is 44.1 Å². The summed E-state index contributed by atoms with van der Waals surface area (Å²) >= 11 is 0. The number of hydrogen-bond donors (Lipinski definition) is 2. The number of hydrogen-bond acceptors (Lipinski definition) is 5. The minimum absolute atomic E-state index is 0.0395. The summed E-state index contributed by atoms with van der Waals surface area (Å²) in [6, 6.07) is 24.9. The van der Waals surface area contributed by atoms with Crippen LogP contribution in [0.2, 0.25) is 0 Å². The number of nitrogens with zero attached hydrogens (tertiary/aromatic N) is 2. The molecule has 0 saturated carbocycles. The van der Waals surface area contributed by atoms with Crippen LogP contribution in [0.1, 0.15) is 29.3 Å². The molecule has 1 saturated heterocycles. The van der Waals surface area contributed by atoms with Crippen LogP contribution in [0.3, 0.4) is 0 Å². The zero-order valence-electron chi connectivity index (χ0n) is 20.0. The van der Waals surface area contributed by atoms with E-state index in [9.17, 15) is 13.2 Å². The predicted octanol–water partition coefficient (Wildman–Crippen LogP) is 4.41. The lowest BCUT2D eigenvalue weighted by Gasteiger charge is -2.36. The summed E-state index contributed by atoms with van der Waals surface area (Å²) in [6.45, 7) is 6.71. The molecule has 2 N–H and O–H groups in total. The number of rotatable bonds is 9. The molecule has 0 spiro atoms. The van der Waals surface area contributed by atoms with Crippen molar-refractivity contribution in [2.24, 2.45) is 0 Å². The number of sulfonamides is 1. The number of amides is 1. The minimum Gasteiger partial charge on any atom is -0.369 e. The van der Waals surface area contributed by atoms with Crippen molar-refractivity contribution in [3.63, 3.8) is 0 Å². The van der Waals surface area contributed by atoms with Gasteiger partial charge in [-0.2, -0.15) is 0 Å². The molecule has 184 valence electrons. The van der Waals surface area contributed by atoms with Crippen molar-refractivity contribution in [2.75, 3.05) is 46.9 Å². The second kappa shape index (κ2) is 11.4. The fraction of sp³-hybridized carbons (Fsp3) is 0.296. The first-order valence-corrected chi connectivity index (χ1v) is 13.6. The molecule has 1 fully saturated rings. The molecular formula is C27H32N4O3S. The molecule has 1 amide bonds. The van der Waals surface area contributed by atoms with Crippen LogP contribution < -0.4 is 14.9 Å². The Balaban J connectivity index is 1.31. The maximum absolute atomic E-state index is 12.7. The van der Waals surface area contributed by atoms with Gasteiger partial charge in [-0.05, 0) is 54.4 Å². The lowest BCUT2D eigenvalue weighted by Crippen LogP contribution is -2.45. The summed E-state index contributed by atoms with van der Waals surface area (Å²) in [5.41, 5.74) is 3.94. The maximum atomic E-state index is 12.7. The Bertz CT molecular complexity index is 1220. The van der Waals surface area contributed by atoms with E-state index in [1.54, 1.807) is 31.2 Å². The van der Waals surface area contributed by atoms with Crippen LogP contribution in [0.5, 0.6) is 0 Å². The van der Waals surface area contributed by atoms with Gasteiger partial charge < -0.3 is 10.2 Å². The largest absolute Gasteiger partial charge is 0.369 e. The normalized spacial score (nSPS) is 14.5. The van der Waals surface area contributed by atoms with E-state index in [0.717, 1.165) is 38.4 Å². The average molecular weight is 493 g/mol. The Kier molecular flexibility index (Phi) is 8.05. The van der Waals surface area contributed by atoms with Crippen LogP contribution in [0.15, 0.2) is 78.9 Å². The second-order valence-corrected chi connectivity index (χ2v) is 10.6. The number of carbonyl (C=O) groups is 1. The third kappa shape index (κ3) is 7.07. The van der Waals surface area contributed by atoms with E-state index in [4.69, 9.17) is 0 Å². The van der Waals surface area contributed by atoms with E-state index in [-0.39, 0.29) is 11.7 Å². The summed E-state index contributed by atoms with van der Waals surface area (Å²) in [7, 11) is -3.41. The number of carbonyl (C=O) groups excluding carboxylic acids is 1. The molecule has 3 aromatic rings. The number of piperazine rings is 1. The molecule has 0 bridgehead atoms. The molecule has 0 aliphatic carbocycles. The summed E-state index contributed by atoms with van der Waals surface area (Å²) < 4.78 is 26.6. The van der Waals surface area contributed by atoms with Gasteiger partial charge >= 0.3 is 0 Å². The Morgan fingerprint density at radius 3 is 2.26 bits per heavy atom. The molecule has 7 nitrogen and oxygen atoms in total. The highest BCUT2D eigenvalue weighted by Crippen LogP contribution is 2.21. The Morgan fingerprint density at radius 2 is 1.57 bits per heavy atom. The molecule has 8 heteroatoms. The summed E-state index contributed by atoms with van der Waals surface area (Å²) in [5, 5.41) is 2.90. The highest BCUT2D eigenvalue weighted by atomic mass is 32.2. The van der Waals surface area contributed by atoms with E-state index in [1.165, 1.54) is 5.56 Å². The van der Waals surface area contributed by atoms with Gasteiger partial charge in [-0.15, -0.1) is 0 Å². The lowest BCUT2D eigenvalue weighted by atomic mass is 10.1. The molecule has 0 unspecified atom stereocenters. The van der Waals surface area contributed by atoms with Crippen molar-refractivity contribution >= 4 is 33.0 Å². The van der Waals surface area contributed by atoms with Gasteiger partial charge in [0.15, 0.2) is 0 Å². The monoisotopic (exact) mass is 492 g/mol. The van der Waals surface area contributed by atoms with Crippen molar-refractivity contribution < 1.29 is 13.2 Å². The van der Waals surface area contributed by atoms with Crippen LogP contribution in [0.4, 0.5) is 17.1 Å². The predicted molar refractivity (Wildman–Crippen MR) is 142 cm³/mol. The molecule has 1 aliphatic rings. The minimum atomic E-state index is -3.41. The molecule has 0 atom stereocenters. The summed E-state index contributed by atoms with van der Waals surface area (Å²) in [5.74, 6) is -0.249. The van der Waals surface area contributed by atoms with E-state index in [1.807, 2.05) is 30.3 Å². The van der Waals surface area contributed by atoms with Gasteiger partial charge in [0.05, 0.1) is 5.75 Å². The Labute approximate surface area is 207 Å². The fourth-order valence-corrected chi connectivity index (χ4v) is 5.31. The van der Waals surface area contributed by atoms with Crippen LogP contribution in [-0.2, 0) is 16.6 Å². The Hall–Kier alpha value is -3.36. The van der Waals surface area contributed by atoms with Gasteiger partial charge in [-0.1, -0.05) is 43.3 Å². The van der Waals surface area contributed by atoms with E-state index in [0.29, 0.717) is 23.4 Å². The highest BCUT2D eigenvalue weighted by Gasteiger charge is 2.17. The van der Waals surface area contributed by atoms with Crippen LogP contribution in [-0.4, -0.2) is 51.2 Å². The first-order valence-electron chi connectivity index (χ1n) is 11.9. The average Bonchev–Trinajstić information content (AvgIpc) is 2.85. The highest BCUT2D eigenvalue weighted by molar-refractivity contribution is 7.92. The fourth-order valence-electron chi connectivity index (χ4n) is 4.19. The smallest absolute Gasteiger partial charge is 0.255 e. The van der Waals surface area contributed by atoms with Crippen LogP contribution in [0, 0.1) is 0 Å². The third-order valence-electron chi connectivity index (χ3n) is 5.98. The molecule has 1 heterocycles. The van der Waals surface area contributed by atoms with Crippen molar-refractivity contribution in [1.82, 2.24) is 4.90 Å². The molecule has 35 heavy (non-hydrogen) atoms. The van der Waals surface area contributed by atoms with Gasteiger partial charge in [0, 0.05) is 55.3 Å². The van der Waals surface area contributed by atoms with E-state index < -0.39 is 10.0 Å². The van der Waals surface area contributed by atoms with Crippen LogP contribution >= 0.6 is 0 Å². The standard InChI is InChI=1S/C27H32N4O3S/c1-2-19-35(33,34)29-25-10-6-9-23(20-25)27(32)28-24-11-13-26(14-12-24)31-17-15-30(16-18-31)21-22-7-4-3-5-8-22/h3-14,20,29H,2,15-19,21H2,1H3,(H,28,32). The number of anilines is 3. The topological polar surface area (TPSA) is 81.7 Å². The first-order chi connectivity index (χ1) is 16.9. The van der Waals surface area contributed by atoms with Crippen molar-refractivity contribution in [3.05, 3.63) is 90.0 Å². The molecule has 4 rings (SSSR count). The van der Waals surface area contributed by atoms with Gasteiger partial charge in [0.1, 0.15) is 0 Å². The summed E-state index contributed by atoms with van der Waals surface area (Å²) in [4.78, 5) is 17.6. The third-order valence-corrected chi connectivity index (χ3v) is 7.47. The SMILES string of the molecule is CCCS(=O)(=O)Nc1cccc(C(=O)Nc2ccc(N3CCN(Cc4ccccc4)CC3)cc2)c1. The van der Waals surface area contributed by atoms with Gasteiger partial charge in [-0.25, -0.2) is 8.42 Å². The van der Waals surface area contributed by atoms with Gasteiger partial charge in [0.2, 0.25) is 10.0 Å². The molecule has 3 aromatic carbocycles. The molecule has 0 radical (unpaired) electrons. The quantitative estimate of drug-likeness (QED) is 0.462.